The summed E-state index contributed by atoms with van der Waals surface area (Å²) in [5.74, 6) is 0.757. The first kappa shape index (κ1) is 25.3. The summed E-state index contributed by atoms with van der Waals surface area (Å²) in [5.41, 5.74) is 7.53. The molecular weight excluding hydrogens is 494 g/mol. The minimum absolute atomic E-state index is 0.0960. The monoisotopic (exact) mass is 526 g/mol. The minimum Gasteiger partial charge on any atom is -0.494 e. The second kappa shape index (κ2) is 10.3. The molecule has 0 saturated heterocycles. The summed E-state index contributed by atoms with van der Waals surface area (Å²) in [4.78, 5) is 5.39. The number of pyridine rings is 1. The Labute approximate surface area is 233 Å². The molecule has 2 heterocycles. The largest absolute Gasteiger partial charge is 0.494 e. The number of nitrogens with zero attached hydrogens (tertiary/aromatic N) is 2. The van der Waals surface area contributed by atoms with E-state index in [9.17, 15) is 5.11 Å². The molecule has 6 rings (SSSR count). The van der Waals surface area contributed by atoms with Crippen LogP contribution in [0.15, 0.2) is 97.1 Å². The van der Waals surface area contributed by atoms with Gasteiger partial charge in [-0.1, -0.05) is 47.5 Å². The lowest BCUT2D eigenvalue weighted by Gasteiger charge is -2.25. The third-order valence-electron chi connectivity index (χ3n) is 7.29. The Morgan fingerprint density at radius 2 is 1.50 bits per heavy atom. The van der Waals surface area contributed by atoms with Crippen LogP contribution in [0, 0.1) is 20.6 Å². The number of anilines is 3. The average molecular weight is 527 g/mol. The molecule has 198 valence electrons. The maximum absolute atomic E-state index is 10.6. The fourth-order valence-corrected chi connectivity index (χ4v) is 5.22. The smallest absolute Gasteiger partial charge is 0.217 e. The van der Waals surface area contributed by atoms with Crippen molar-refractivity contribution in [2.45, 2.75) is 20.8 Å². The van der Waals surface area contributed by atoms with Crippen molar-refractivity contribution in [1.82, 2.24) is 4.98 Å². The third-order valence-corrected chi connectivity index (χ3v) is 7.29. The van der Waals surface area contributed by atoms with Gasteiger partial charge in [-0.15, -0.1) is 0 Å². The summed E-state index contributed by atoms with van der Waals surface area (Å²) in [6.07, 6.45) is 2.00. The molecule has 2 aromatic heterocycles. The Morgan fingerprint density at radius 1 is 0.850 bits per heavy atom. The molecule has 5 nitrogen and oxygen atoms in total. The zero-order chi connectivity index (χ0) is 27.8. The Morgan fingerprint density at radius 3 is 2.15 bits per heavy atom. The highest BCUT2D eigenvalue weighted by molar-refractivity contribution is 5.98. The molecule has 5 heteroatoms. The summed E-state index contributed by atoms with van der Waals surface area (Å²) in [6.45, 7) is 11.0. The first-order valence-corrected chi connectivity index (χ1v) is 13.5. The second-order valence-corrected chi connectivity index (χ2v) is 10.1. The zero-order valence-corrected chi connectivity index (χ0v) is 23.0. The number of hydrogen-bond acceptors (Lipinski definition) is 3. The molecule has 0 aliphatic rings. The van der Waals surface area contributed by atoms with Gasteiger partial charge in [0.15, 0.2) is 0 Å². The van der Waals surface area contributed by atoms with Crippen LogP contribution in [0.2, 0.25) is 0 Å². The van der Waals surface area contributed by atoms with Crippen LogP contribution in [0.3, 0.4) is 0 Å². The maximum Gasteiger partial charge on any atom is 0.217 e. The topological polar surface area (TPSA) is 54.4 Å². The summed E-state index contributed by atoms with van der Waals surface area (Å²) >= 11 is 0. The van der Waals surface area contributed by atoms with Gasteiger partial charge in [-0.3, -0.25) is 0 Å². The highest BCUT2D eigenvalue weighted by Gasteiger charge is 2.16. The van der Waals surface area contributed by atoms with Gasteiger partial charge in [-0.2, -0.15) is 4.24 Å². The number of ether oxygens (including phenoxy) is 1. The fourth-order valence-electron chi connectivity index (χ4n) is 5.22. The van der Waals surface area contributed by atoms with E-state index in [1.54, 1.807) is 0 Å². The lowest BCUT2D eigenvalue weighted by atomic mass is 10.1. The van der Waals surface area contributed by atoms with Crippen molar-refractivity contribution in [1.29, 1.82) is 0 Å². The molecule has 6 aromatic rings. The van der Waals surface area contributed by atoms with Gasteiger partial charge in [-0.05, 0) is 69.3 Å². The Bertz CT molecular complexity index is 1910. The van der Waals surface area contributed by atoms with Gasteiger partial charge in [0.25, 0.3) is 0 Å². The van der Waals surface area contributed by atoms with Crippen molar-refractivity contribution < 1.29 is 14.1 Å². The van der Waals surface area contributed by atoms with Gasteiger partial charge in [-0.25, -0.2) is 0 Å². The van der Waals surface area contributed by atoms with E-state index in [2.05, 4.69) is 109 Å². The molecule has 0 spiro atoms. The van der Waals surface area contributed by atoms with Gasteiger partial charge < -0.3 is 19.7 Å². The number of aromatic amines is 1. The van der Waals surface area contributed by atoms with Crippen LogP contribution >= 0.6 is 0 Å². The molecule has 0 amide bonds. The van der Waals surface area contributed by atoms with E-state index >= 15 is 0 Å². The number of hydrogen-bond donors (Lipinski definition) is 2. The first-order chi connectivity index (χ1) is 19.4. The van der Waals surface area contributed by atoms with Gasteiger partial charge in [0, 0.05) is 46.0 Å². The van der Waals surface area contributed by atoms with E-state index in [0.717, 1.165) is 44.4 Å². The number of aromatic nitrogens is 2. The third kappa shape index (κ3) is 4.56. The molecule has 0 aliphatic heterocycles. The SMILES string of the molecule is C=[n+]1/c(=C\c2[nH]c(O)c3c(OCC)cccc23)ccc2cc(N(c3ccc(C)cc3)c3ccc(C)cc3)ccc21. The molecule has 0 aliphatic carbocycles. The summed E-state index contributed by atoms with van der Waals surface area (Å²) in [7, 11) is 0. The number of nitrogens with one attached hydrogen (secondary N) is 1. The minimum atomic E-state index is 0.0960. The van der Waals surface area contributed by atoms with Gasteiger partial charge in [0.1, 0.15) is 12.5 Å². The van der Waals surface area contributed by atoms with Crippen LogP contribution in [0.25, 0.3) is 27.8 Å². The molecule has 0 atom stereocenters. The van der Waals surface area contributed by atoms with Gasteiger partial charge in [0.2, 0.25) is 16.7 Å². The van der Waals surface area contributed by atoms with E-state index < -0.39 is 0 Å². The molecule has 40 heavy (non-hydrogen) atoms. The van der Waals surface area contributed by atoms with Crippen LogP contribution in [0.1, 0.15) is 23.7 Å². The molecular formula is C35H32N3O2+. The first-order valence-electron chi connectivity index (χ1n) is 13.5. The van der Waals surface area contributed by atoms with E-state index in [-0.39, 0.29) is 5.88 Å². The quantitative estimate of drug-likeness (QED) is 0.225. The molecule has 4 aromatic carbocycles. The lowest BCUT2D eigenvalue weighted by Crippen LogP contribution is -2.35. The number of aryl methyl sites for hydroxylation is 2. The summed E-state index contributed by atoms with van der Waals surface area (Å²) in [5, 5.41) is 14.2. The standard InChI is InChI=1S/C35H31N3O2/c1-5-40-33-8-6-7-30-31(36-35(39)34(30)33)22-28-18-13-25-21-29(19-20-32(25)37(28)4)38(26-14-9-23(2)10-15-26)27-16-11-24(3)12-17-27/h6-22,36H,4-5H2,1-3H3/p+1/b28-22-. The number of fused-ring (bicyclic) bond motifs is 2. The van der Waals surface area contributed by atoms with Gasteiger partial charge in [0.05, 0.1) is 17.7 Å². The molecule has 0 bridgehead atoms. The van der Waals surface area contributed by atoms with Crippen molar-refractivity contribution in [2.75, 3.05) is 11.5 Å². The summed E-state index contributed by atoms with van der Waals surface area (Å²) < 4.78 is 7.66. The average Bonchev–Trinajstić information content (AvgIpc) is 3.28. The number of aromatic hydroxyl groups is 1. The van der Waals surface area contributed by atoms with Crippen molar-refractivity contribution in [3.8, 4) is 11.6 Å². The van der Waals surface area contributed by atoms with Crippen LogP contribution in [0.5, 0.6) is 11.6 Å². The van der Waals surface area contributed by atoms with E-state index in [0.29, 0.717) is 17.7 Å². The molecule has 2 N–H and O–H groups in total. The Hall–Kier alpha value is -5.03. The summed E-state index contributed by atoms with van der Waals surface area (Å²) in [6, 6.07) is 33.6. The predicted molar refractivity (Wildman–Crippen MR) is 163 cm³/mol. The van der Waals surface area contributed by atoms with E-state index in [1.807, 2.05) is 35.4 Å². The zero-order valence-electron chi connectivity index (χ0n) is 23.0. The number of rotatable bonds is 6. The maximum atomic E-state index is 10.6. The van der Waals surface area contributed by atoms with Crippen molar-refractivity contribution in [3.05, 3.63) is 126 Å². The van der Waals surface area contributed by atoms with Crippen molar-refractivity contribution in [2.24, 2.45) is 0 Å². The predicted octanol–water partition coefficient (Wildman–Crippen LogP) is 7.27. The number of H-pyrrole nitrogens is 1. The Balaban J connectivity index is 1.46. The molecule has 0 saturated carbocycles. The molecule has 0 radical (unpaired) electrons. The second-order valence-electron chi connectivity index (χ2n) is 10.1. The number of benzene rings is 4. The molecule has 0 unspecified atom stereocenters. The van der Waals surface area contributed by atoms with Crippen molar-refractivity contribution in [3.63, 3.8) is 0 Å². The van der Waals surface area contributed by atoms with Crippen LogP contribution in [-0.4, -0.2) is 16.7 Å². The van der Waals surface area contributed by atoms with Crippen LogP contribution < -0.4 is 19.2 Å². The van der Waals surface area contributed by atoms with E-state index in [4.69, 9.17) is 4.74 Å². The van der Waals surface area contributed by atoms with E-state index in [1.165, 1.54) is 11.1 Å². The van der Waals surface area contributed by atoms with Crippen molar-refractivity contribution >= 4 is 44.8 Å². The van der Waals surface area contributed by atoms with Crippen LogP contribution in [-0.2, 0) is 0 Å². The highest BCUT2D eigenvalue weighted by atomic mass is 16.5. The van der Waals surface area contributed by atoms with Gasteiger partial charge >= 0.3 is 0 Å². The van der Waals surface area contributed by atoms with Crippen LogP contribution in [0.4, 0.5) is 17.1 Å². The normalized spacial score (nSPS) is 11.8. The fraction of sp³-hybridized carbons (Fsp3) is 0.114. The highest BCUT2D eigenvalue weighted by Crippen LogP contribution is 2.37. The lowest BCUT2D eigenvalue weighted by molar-refractivity contribution is -0.483. The molecule has 0 fully saturated rings. The Kier molecular flexibility index (Phi) is 6.48.